The van der Waals surface area contributed by atoms with Crippen LogP contribution in [0.4, 0.5) is 4.39 Å². The zero-order valence-electron chi connectivity index (χ0n) is 11.4. The molecule has 21 heavy (non-hydrogen) atoms. The van der Waals surface area contributed by atoms with E-state index < -0.39 is 0 Å². The van der Waals surface area contributed by atoms with E-state index in [1.54, 1.807) is 12.1 Å². The molecule has 0 saturated carbocycles. The van der Waals surface area contributed by atoms with Gasteiger partial charge < -0.3 is 9.47 Å². The zero-order valence-corrected chi connectivity index (χ0v) is 13.0. The van der Waals surface area contributed by atoms with Crippen LogP contribution in [0.25, 0.3) is 0 Å². The van der Waals surface area contributed by atoms with Gasteiger partial charge in [0.2, 0.25) is 0 Å². The van der Waals surface area contributed by atoms with Crippen molar-refractivity contribution in [3.8, 4) is 5.75 Å². The van der Waals surface area contributed by atoms with Gasteiger partial charge in [0, 0.05) is 6.07 Å². The van der Waals surface area contributed by atoms with Gasteiger partial charge in [0.25, 0.3) is 0 Å². The van der Waals surface area contributed by atoms with E-state index in [1.165, 1.54) is 13.2 Å². The zero-order chi connectivity index (χ0) is 15.2. The molecule has 3 nitrogen and oxygen atoms in total. The lowest BCUT2D eigenvalue weighted by molar-refractivity contribution is -0.139. The Balaban J connectivity index is 2.09. The lowest BCUT2D eigenvalue weighted by Gasteiger charge is -2.11. The Morgan fingerprint density at radius 3 is 2.57 bits per heavy atom. The number of rotatable bonds is 5. The van der Waals surface area contributed by atoms with Crippen LogP contribution in [-0.2, 0) is 22.6 Å². The van der Waals surface area contributed by atoms with Crippen molar-refractivity contribution in [1.29, 1.82) is 0 Å². The molecule has 0 aliphatic carbocycles. The molecule has 0 bridgehead atoms. The Labute approximate surface area is 130 Å². The van der Waals surface area contributed by atoms with Gasteiger partial charge >= 0.3 is 5.97 Å². The third kappa shape index (κ3) is 4.29. The molecule has 0 radical (unpaired) electrons. The van der Waals surface area contributed by atoms with Gasteiger partial charge in [0.05, 0.1) is 18.0 Å². The summed E-state index contributed by atoms with van der Waals surface area (Å²) in [5, 5.41) is 0. The van der Waals surface area contributed by atoms with Crippen molar-refractivity contribution in [2.24, 2.45) is 0 Å². The van der Waals surface area contributed by atoms with E-state index in [-0.39, 0.29) is 24.8 Å². The first-order valence-electron chi connectivity index (χ1n) is 6.31. The predicted molar refractivity (Wildman–Crippen MR) is 80.6 cm³/mol. The molecule has 2 aromatic carbocycles. The molecule has 5 heteroatoms. The summed E-state index contributed by atoms with van der Waals surface area (Å²) < 4.78 is 24.0. The number of hydrogen-bond acceptors (Lipinski definition) is 3. The lowest BCUT2D eigenvalue weighted by Crippen LogP contribution is -2.08. The highest BCUT2D eigenvalue weighted by Gasteiger charge is 2.09. The fourth-order valence-corrected chi connectivity index (χ4v) is 2.07. The van der Waals surface area contributed by atoms with Gasteiger partial charge in [-0.2, -0.15) is 0 Å². The highest BCUT2D eigenvalue weighted by atomic mass is 79.9. The summed E-state index contributed by atoms with van der Waals surface area (Å²) in [6.45, 7) is 0.258. The number of benzene rings is 2. The average Bonchev–Trinajstić information content (AvgIpc) is 2.49. The molecule has 0 aromatic heterocycles. The highest BCUT2D eigenvalue weighted by Crippen LogP contribution is 2.22. The number of methoxy groups -OCH3 is 1. The van der Waals surface area contributed by atoms with Crippen LogP contribution in [0.5, 0.6) is 5.75 Å². The van der Waals surface area contributed by atoms with Crippen LogP contribution in [0.3, 0.4) is 0 Å². The van der Waals surface area contributed by atoms with E-state index in [0.29, 0.717) is 10.2 Å². The monoisotopic (exact) mass is 352 g/mol. The molecule has 0 saturated heterocycles. The summed E-state index contributed by atoms with van der Waals surface area (Å²) in [5.41, 5.74) is 1.70. The van der Waals surface area contributed by atoms with E-state index in [4.69, 9.17) is 4.74 Å². The molecule has 0 heterocycles. The third-order valence-corrected chi connectivity index (χ3v) is 3.61. The topological polar surface area (TPSA) is 35.5 Å². The Morgan fingerprint density at radius 1 is 1.19 bits per heavy atom. The van der Waals surface area contributed by atoms with Crippen LogP contribution in [0.1, 0.15) is 11.1 Å². The molecule has 0 aliphatic heterocycles. The summed E-state index contributed by atoms with van der Waals surface area (Å²) in [7, 11) is 1.35. The van der Waals surface area contributed by atoms with Crippen molar-refractivity contribution in [1.82, 2.24) is 0 Å². The van der Waals surface area contributed by atoms with E-state index in [9.17, 15) is 9.18 Å². The van der Waals surface area contributed by atoms with E-state index in [0.717, 1.165) is 11.1 Å². The van der Waals surface area contributed by atoms with E-state index in [2.05, 4.69) is 20.7 Å². The quantitative estimate of drug-likeness (QED) is 0.766. The SMILES string of the molecule is COC(=O)Cc1ccccc1COc1ccc(Br)c(F)c1. The average molecular weight is 353 g/mol. The molecule has 0 fully saturated rings. The fourth-order valence-electron chi connectivity index (χ4n) is 1.83. The Kier molecular flexibility index (Phi) is 5.33. The van der Waals surface area contributed by atoms with Gasteiger partial charge in [0.15, 0.2) is 0 Å². The number of carbonyl (C=O) groups is 1. The standard InChI is InChI=1S/C16H14BrFO3/c1-20-16(19)8-11-4-2-3-5-12(11)10-21-13-6-7-14(17)15(18)9-13/h2-7,9H,8,10H2,1H3. The molecule has 0 spiro atoms. The van der Waals surface area contributed by atoms with Gasteiger partial charge in [-0.05, 0) is 39.2 Å². The second-order valence-corrected chi connectivity index (χ2v) is 5.24. The van der Waals surface area contributed by atoms with Gasteiger partial charge in [-0.3, -0.25) is 4.79 Å². The maximum absolute atomic E-state index is 13.4. The summed E-state index contributed by atoms with van der Waals surface area (Å²) in [5.74, 6) is -0.254. The number of ether oxygens (including phenoxy) is 2. The molecule has 0 atom stereocenters. The van der Waals surface area contributed by atoms with Crippen molar-refractivity contribution in [2.45, 2.75) is 13.0 Å². The van der Waals surface area contributed by atoms with Gasteiger partial charge in [0.1, 0.15) is 18.2 Å². The highest BCUT2D eigenvalue weighted by molar-refractivity contribution is 9.10. The molecular weight excluding hydrogens is 339 g/mol. The smallest absolute Gasteiger partial charge is 0.309 e. The van der Waals surface area contributed by atoms with Crippen LogP contribution in [0.15, 0.2) is 46.9 Å². The predicted octanol–water partition coefficient (Wildman–Crippen LogP) is 3.88. The summed E-state index contributed by atoms with van der Waals surface area (Å²) in [6, 6.07) is 12.0. The van der Waals surface area contributed by atoms with Crippen molar-refractivity contribution < 1.29 is 18.7 Å². The molecule has 110 valence electrons. The normalized spacial score (nSPS) is 10.2. The number of esters is 1. The summed E-state index contributed by atoms with van der Waals surface area (Å²) >= 11 is 3.09. The number of hydrogen-bond donors (Lipinski definition) is 0. The number of halogens is 2. The molecule has 0 amide bonds. The van der Waals surface area contributed by atoms with Gasteiger partial charge in [-0.1, -0.05) is 24.3 Å². The molecule has 0 N–H and O–H groups in total. The van der Waals surface area contributed by atoms with E-state index in [1.807, 2.05) is 24.3 Å². The second-order valence-electron chi connectivity index (χ2n) is 4.39. The maximum Gasteiger partial charge on any atom is 0.309 e. The van der Waals surface area contributed by atoms with Crippen molar-refractivity contribution in [3.63, 3.8) is 0 Å². The van der Waals surface area contributed by atoms with Crippen molar-refractivity contribution in [3.05, 3.63) is 63.9 Å². The number of carbonyl (C=O) groups excluding carboxylic acids is 1. The second kappa shape index (κ2) is 7.22. The summed E-state index contributed by atoms with van der Waals surface area (Å²) in [6.07, 6.45) is 0.185. The van der Waals surface area contributed by atoms with Crippen LogP contribution in [0.2, 0.25) is 0 Å². The first-order chi connectivity index (χ1) is 10.1. The summed E-state index contributed by atoms with van der Waals surface area (Å²) in [4.78, 5) is 11.4. The Bertz CT molecular complexity index is 643. The molecule has 2 rings (SSSR count). The minimum atomic E-state index is -0.379. The molecule has 0 unspecified atom stereocenters. The first kappa shape index (κ1) is 15.5. The first-order valence-corrected chi connectivity index (χ1v) is 7.11. The van der Waals surface area contributed by atoms with Gasteiger partial charge in [-0.25, -0.2) is 4.39 Å². The minimum Gasteiger partial charge on any atom is -0.489 e. The lowest BCUT2D eigenvalue weighted by atomic mass is 10.1. The van der Waals surface area contributed by atoms with Crippen molar-refractivity contribution in [2.75, 3.05) is 7.11 Å². The van der Waals surface area contributed by atoms with Crippen LogP contribution >= 0.6 is 15.9 Å². The van der Waals surface area contributed by atoms with Crippen molar-refractivity contribution >= 4 is 21.9 Å². The minimum absolute atomic E-state index is 0.185. The van der Waals surface area contributed by atoms with E-state index >= 15 is 0 Å². The van der Waals surface area contributed by atoms with Crippen LogP contribution < -0.4 is 4.74 Å². The maximum atomic E-state index is 13.4. The molecular formula is C16H14BrFO3. The largest absolute Gasteiger partial charge is 0.489 e. The van der Waals surface area contributed by atoms with Gasteiger partial charge in [-0.15, -0.1) is 0 Å². The molecule has 0 aliphatic rings. The van der Waals surface area contributed by atoms with Crippen LogP contribution in [0, 0.1) is 5.82 Å². The van der Waals surface area contributed by atoms with Crippen LogP contribution in [-0.4, -0.2) is 13.1 Å². The Hall–Kier alpha value is -1.88. The third-order valence-electron chi connectivity index (χ3n) is 2.97. The molecule has 2 aromatic rings. The Morgan fingerprint density at radius 2 is 1.90 bits per heavy atom. The fraction of sp³-hybridized carbons (Fsp3) is 0.188.